The maximum atomic E-state index is 10.4. The van der Waals surface area contributed by atoms with Gasteiger partial charge in [0.15, 0.2) is 0 Å². The average molecular weight is 195 g/mol. The molecule has 0 spiro atoms. The summed E-state index contributed by atoms with van der Waals surface area (Å²) in [4.78, 5) is 10.4. The molecular formula is C10H11O4-. The number of carbonyl (C=O) groups is 1. The molecular weight excluding hydrogens is 184 g/mol. The molecule has 0 aliphatic heterocycles. The Bertz CT molecular complexity index is 304. The lowest BCUT2D eigenvalue weighted by Gasteiger charge is -2.15. The predicted molar refractivity (Wildman–Crippen MR) is 47.5 cm³/mol. The van der Waals surface area contributed by atoms with Gasteiger partial charge < -0.3 is 19.7 Å². The number of carboxylic acids is 1. The first-order valence-corrected chi connectivity index (χ1v) is 4.21. The molecule has 0 aromatic heterocycles. The second-order valence-electron chi connectivity index (χ2n) is 2.88. The van der Waals surface area contributed by atoms with Gasteiger partial charge in [-0.2, -0.15) is 0 Å². The molecule has 0 bridgehead atoms. The zero-order valence-corrected chi connectivity index (χ0v) is 7.77. The van der Waals surface area contributed by atoms with Crippen molar-refractivity contribution in [1.82, 2.24) is 0 Å². The van der Waals surface area contributed by atoms with Crippen molar-refractivity contribution in [3.8, 4) is 5.75 Å². The van der Waals surface area contributed by atoms with Crippen molar-refractivity contribution < 1.29 is 19.7 Å². The minimum absolute atomic E-state index is 0.0453. The molecule has 0 aliphatic carbocycles. The number of aliphatic hydroxyl groups is 1. The van der Waals surface area contributed by atoms with Gasteiger partial charge in [0.25, 0.3) is 0 Å². The summed E-state index contributed by atoms with van der Waals surface area (Å²) in [5, 5.41) is 19.1. The highest BCUT2D eigenvalue weighted by atomic mass is 16.5. The van der Waals surface area contributed by atoms with Crippen LogP contribution in [0.15, 0.2) is 24.3 Å². The third-order valence-electron chi connectivity index (χ3n) is 1.75. The van der Waals surface area contributed by atoms with Crippen molar-refractivity contribution in [3.05, 3.63) is 29.8 Å². The number of benzene rings is 1. The molecule has 14 heavy (non-hydrogen) atoms. The second kappa shape index (κ2) is 4.62. The zero-order chi connectivity index (χ0) is 10.6. The van der Waals surface area contributed by atoms with Crippen LogP contribution >= 0.6 is 0 Å². The van der Waals surface area contributed by atoms with Crippen LogP contribution in [0.25, 0.3) is 0 Å². The molecule has 0 amide bonds. The molecule has 1 atom stereocenters. The van der Waals surface area contributed by atoms with E-state index in [1.54, 1.807) is 24.3 Å². The van der Waals surface area contributed by atoms with Crippen molar-refractivity contribution in [1.29, 1.82) is 0 Å². The van der Waals surface area contributed by atoms with Gasteiger partial charge in [0, 0.05) is 0 Å². The van der Waals surface area contributed by atoms with Crippen LogP contribution in [0.5, 0.6) is 5.75 Å². The third kappa shape index (κ3) is 2.74. The highest BCUT2D eigenvalue weighted by Crippen LogP contribution is 2.13. The zero-order valence-electron chi connectivity index (χ0n) is 7.77. The molecule has 0 saturated carbocycles. The number of rotatable bonds is 4. The minimum Gasteiger partial charge on any atom is -0.546 e. The van der Waals surface area contributed by atoms with E-state index in [1.165, 1.54) is 6.92 Å². The molecule has 1 N–H and O–H groups in total. The van der Waals surface area contributed by atoms with Gasteiger partial charge in [-0.25, -0.2) is 0 Å². The quantitative estimate of drug-likeness (QED) is 0.715. The number of aliphatic carboxylic acids is 1. The van der Waals surface area contributed by atoms with Gasteiger partial charge in [-0.05, 0) is 24.6 Å². The average Bonchev–Trinajstić information content (AvgIpc) is 2.19. The van der Waals surface area contributed by atoms with E-state index in [0.717, 1.165) is 5.56 Å². The van der Waals surface area contributed by atoms with Crippen molar-refractivity contribution in [3.63, 3.8) is 0 Å². The summed E-state index contributed by atoms with van der Waals surface area (Å²) in [6.45, 7) is 1.35. The molecule has 0 aliphatic rings. The van der Waals surface area contributed by atoms with Crippen LogP contribution in [-0.4, -0.2) is 17.2 Å². The van der Waals surface area contributed by atoms with Crippen LogP contribution in [0.1, 0.15) is 12.5 Å². The highest BCUT2D eigenvalue weighted by molar-refractivity contribution is 5.69. The molecule has 76 valence electrons. The maximum Gasteiger partial charge on any atom is 0.135 e. The Morgan fingerprint density at radius 2 is 2.07 bits per heavy atom. The van der Waals surface area contributed by atoms with E-state index in [1.807, 2.05) is 0 Å². The molecule has 0 fully saturated rings. The van der Waals surface area contributed by atoms with E-state index in [9.17, 15) is 9.90 Å². The fourth-order valence-electron chi connectivity index (χ4n) is 0.926. The van der Waals surface area contributed by atoms with Gasteiger partial charge in [0.05, 0.1) is 12.6 Å². The second-order valence-corrected chi connectivity index (χ2v) is 2.88. The number of aliphatic hydroxyl groups excluding tert-OH is 1. The molecule has 1 aromatic carbocycles. The Balaban J connectivity index is 2.64. The molecule has 4 heteroatoms. The lowest BCUT2D eigenvalue weighted by molar-refractivity contribution is -0.312. The van der Waals surface area contributed by atoms with Crippen molar-refractivity contribution in [2.45, 2.75) is 19.6 Å². The summed E-state index contributed by atoms with van der Waals surface area (Å²) in [6, 6.07) is 6.53. The SMILES string of the molecule is CC(Oc1ccc(CO)cc1)C(=O)[O-]. The summed E-state index contributed by atoms with van der Waals surface area (Å²) in [7, 11) is 0. The van der Waals surface area contributed by atoms with Gasteiger partial charge in [0.1, 0.15) is 11.9 Å². The van der Waals surface area contributed by atoms with E-state index in [2.05, 4.69) is 0 Å². The summed E-state index contributed by atoms with van der Waals surface area (Å²) in [6.07, 6.45) is -0.977. The minimum atomic E-state index is -1.25. The van der Waals surface area contributed by atoms with E-state index in [-0.39, 0.29) is 6.61 Å². The maximum absolute atomic E-state index is 10.4. The number of ether oxygens (including phenoxy) is 1. The van der Waals surface area contributed by atoms with E-state index >= 15 is 0 Å². The molecule has 4 nitrogen and oxygen atoms in total. The van der Waals surface area contributed by atoms with E-state index in [4.69, 9.17) is 9.84 Å². The fourth-order valence-corrected chi connectivity index (χ4v) is 0.926. The van der Waals surface area contributed by atoms with Crippen LogP contribution in [-0.2, 0) is 11.4 Å². The Morgan fingerprint density at radius 1 is 1.50 bits per heavy atom. The van der Waals surface area contributed by atoms with Crippen molar-refractivity contribution >= 4 is 5.97 Å². The van der Waals surface area contributed by atoms with Crippen LogP contribution in [0, 0.1) is 0 Å². The Labute approximate surface area is 81.8 Å². The summed E-state index contributed by atoms with van der Waals surface area (Å²) in [5.74, 6) is -0.810. The number of hydrogen-bond acceptors (Lipinski definition) is 4. The first kappa shape index (κ1) is 10.5. The number of carbonyl (C=O) groups excluding carboxylic acids is 1. The highest BCUT2D eigenvalue weighted by Gasteiger charge is 2.03. The number of hydrogen-bond donors (Lipinski definition) is 1. The van der Waals surface area contributed by atoms with E-state index in [0.29, 0.717) is 5.75 Å². The molecule has 1 rings (SSSR count). The van der Waals surface area contributed by atoms with Gasteiger partial charge >= 0.3 is 0 Å². The van der Waals surface area contributed by atoms with Gasteiger partial charge in [-0.15, -0.1) is 0 Å². The van der Waals surface area contributed by atoms with Crippen LogP contribution in [0.3, 0.4) is 0 Å². The van der Waals surface area contributed by atoms with Crippen molar-refractivity contribution in [2.75, 3.05) is 0 Å². The Morgan fingerprint density at radius 3 is 2.50 bits per heavy atom. The summed E-state index contributed by atoms with van der Waals surface area (Å²) < 4.78 is 5.03. The van der Waals surface area contributed by atoms with Crippen LogP contribution in [0.4, 0.5) is 0 Å². The van der Waals surface area contributed by atoms with E-state index < -0.39 is 12.1 Å². The molecule has 1 unspecified atom stereocenters. The predicted octanol–water partition coefficient (Wildman–Crippen LogP) is -0.304. The first-order chi connectivity index (χ1) is 6.63. The molecule has 0 saturated heterocycles. The topological polar surface area (TPSA) is 69.6 Å². The van der Waals surface area contributed by atoms with Crippen LogP contribution in [0.2, 0.25) is 0 Å². The largest absolute Gasteiger partial charge is 0.546 e. The molecule has 1 aromatic rings. The Kier molecular flexibility index (Phi) is 3.48. The van der Waals surface area contributed by atoms with Gasteiger partial charge in [-0.1, -0.05) is 12.1 Å². The fraction of sp³-hybridized carbons (Fsp3) is 0.300. The summed E-state index contributed by atoms with van der Waals surface area (Å²) >= 11 is 0. The standard InChI is InChI=1S/C10H12O4/c1-7(10(12)13)14-9-4-2-8(6-11)3-5-9/h2-5,7,11H,6H2,1H3,(H,12,13)/p-1. The van der Waals surface area contributed by atoms with Gasteiger partial charge in [0.2, 0.25) is 0 Å². The molecule has 0 heterocycles. The monoisotopic (exact) mass is 195 g/mol. The lowest BCUT2D eigenvalue weighted by atomic mass is 10.2. The number of carboxylic acid groups (broad SMARTS) is 1. The lowest BCUT2D eigenvalue weighted by Crippen LogP contribution is -2.37. The normalized spacial score (nSPS) is 12.1. The summed E-state index contributed by atoms with van der Waals surface area (Å²) in [5.41, 5.74) is 0.749. The molecule has 0 radical (unpaired) electrons. The Hall–Kier alpha value is -1.55. The van der Waals surface area contributed by atoms with Gasteiger partial charge in [-0.3, -0.25) is 0 Å². The third-order valence-corrected chi connectivity index (χ3v) is 1.75. The first-order valence-electron chi connectivity index (χ1n) is 4.21. The smallest absolute Gasteiger partial charge is 0.135 e. The van der Waals surface area contributed by atoms with Crippen molar-refractivity contribution in [2.24, 2.45) is 0 Å². The van der Waals surface area contributed by atoms with Crippen LogP contribution < -0.4 is 9.84 Å².